The molecule has 0 spiro atoms. The second kappa shape index (κ2) is 6.83. The average molecular weight is 293 g/mol. The number of nitrogens with one attached hydrogen (secondary N) is 1. The molecule has 0 radical (unpaired) electrons. The van der Waals surface area contributed by atoms with Crippen LogP contribution in [0, 0.1) is 0 Å². The Morgan fingerprint density at radius 1 is 1.50 bits per heavy atom. The molecule has 0 unspecified atom stereocenters. The first kappa shape index (κ1) is 17.0. The first-order chi connectivity index (χ1) is 7.83. The number of hydrogen-bond acceptors (Lipinski definition) is 3. The van der Waals surface area contributed by atoms with Crippen molar-refractivity contribution in [3.8, 4) is 5.75 Å². The fourth-order valence-corrected chi connectivity index (χ4v) is 1.42. The summed E-state index contributed by atoms with van der Waals surface area (Å²) in [6.45, 7) is 4.07. The molecule has 0 aliphatic carbocycles. The third-order valence-corrected chi connectivity index (χ3v) is 2.35. The SMILES string of the molecule is COc1cc(Cl)ccc1C(=O)NCC(C)(C)N.Cl. The molecule has 0 atom stereocenters. The average Bonchev–Trinajstić information content (AvgIpc) is 2.24. The van der Waals surface area contributed by atoms with Crippen molar-refractivity contribution in [2.75, 3.05) is 13.7 Å². The fourth-order valence-electron chi connectivity index (χ4n) is 1.26. The maximum atomic E-state index is 11.9. The molecule has 0 saturated heterocycles. The number of amides is 1. The molecule has 102 valence electrons. The van der Waals surface area contributed by atoms with Crippen LogP contribution in [0.3, 0.4) is 0 Å². The molecule has 3 N–H and O–H groups in total. The van der Waals surface area contributed by atoms with Crippen LogP contribution in [-0.4, -0.2) is 25.1 Å². The lowest BCUT2D eigenvalue weighted by Gasteiger charge is -2.19. The molecule has 4 nitrogen and oxygen atoms in total. The Balaban J connectivity index is 0.00000289. The van der Waals surface area contributed by atoms with Crippen molar-refractivity contribution in [1.29, 1.82) is 0 Å². The van der Waals surface area contributed by atoms with Gasteiger partial charge >= 0.3 is 0 Å². The van der Waals surface area contributed by atoms with E-state index in [-0.39, 0.29) is 18.3 Å². The van der Waals surface area contributed by atoms with Gasteiger partial charge in [0, 0.05) is 17.1 Å². The van der Waals surface area contributed by atoms with E-state index in [9.17, 15) is 4.79 Å². The number of halogens is 2. The normalized spacial score (nSPS) is 10.5. The Kier molecular flexibility index (Phi) is 6.46. The Hall–Kier alpha value is -0.970. The van der Waals surface area contributed by atoms with Gasteiger partial charge in [-0.2, -0.15) is 0 Å². The summed E-state index contributed by atoms with van der Waals surface area (Å²) < 4.78 is 5.10. The molecular weight excluding hydrogens is 275 g/mol. The molecule has 0 heterocycles. The lowest BCUT2D eigenvalue weighted by molar-refractivity contribution is 0.0943. The van der Waals surface area contributed by atoms with Crippen molar-refractivity contribution in [1.82, 2.24) is 5.32 Å². The molecule has 1 rings (SSSR count). The predicted octanol–water partition coefficient (Wildman–Crippen LogP) is 2.24. The first-order valence-corrected chi connectivity index (χ1v) is 5.62. The Morgan fingerprint density at radius 2 is 2.11 bits per heavy atom. The highest BCUT2D eigenvalue weighted by Gasteiger charge is 2.16. The molecule has 0 aliphatic rings. The van der Waals surface area contributed by atoms with Crippen molar-refractivity contribution >= 4 is 29.9 Å². The van der Waals surface area contributed by atoms with E-state index in [1.54, 1.807) is 18.2 Å². The molecule has 0 aliphatic heterocycles. The van der Waals surface area contributed by atoms with Crippen molar-refractivity contribution in [2.45, 2.75) is 19.4 Å². The van der Waals surface area contributed by atoms with Crippen molar-refractivity contribution in [3.05, 3.63) is 28.8 Å². The largest absolute Gasteiger partial charge is 0.496 e. The molecule has 18 heavy (non-hydrogen) atoms. The topological polar surface area (TPSA) is 64.3 Å². The van der Waals surface area contributed by atoms with Crippen molar-refractivity contribution < 1.29 is 9.53 Å². The quantitative estimate of drug-likeness (QED) is 0.894. The summed E-state index contributed by atoms with van der Waals surface area (Å²) in [6.07, 6.45) is 0. The molecule has 1 aromatic rings. The van der Waals surface area contributed by atoms with Gasteiger partial charge < -0.3 is 15.8 Å². The molecule has 1 aromatic carbocycles. The summed E-state index contributed by atoms with van der Waals surface area (Å²) >= 11 is 5.82. The van der Waals surface area contributed by atoms with E-state index >= 15 is 0 Å². The Labute approximate surface area is 118 Å². The number of nitrogens with two attached hydrogens (primary N) is 1. The van der Waals surface area contributed by atoms with Crippen LogP contribution in [0.4, 0.5) is 0 Å². The predicted molar refractivity (Wildman–Crippen MR) is 75.9 cm³/mol. The zero-order valence-electron chi connectivity index (χ0n) is 10.6. The summed E-state index contributed by atoms with van der Waals surface area (Å²) in [6, 6.07) is 4.87. The highest BCUT2D eigenvalue weighted by molar-refractivity contribution is 6.30. The second-order valence-corrected chi connectivity index (χ2v) is 4.95. The van der Waals surface area contributed by atoms with E-state index in [0.717, 1.165) is 0 Å². The van der Waals surface area contributed by atoms with Crippen LogP contribution in [-0.2, 0) is 0 Å². The summed E-state index contributed by atoms with van der Waals surface area (Å²) in [5, 5.41) is 3.27. The third-order valence-electron chi connectivity index (χ3n) is 2.11. The summed E-state index contributed by atoms with van der Waals surface area (Å²) in [5.41, 5.74) is 5.79. The van der Waals surface area contributed by atoms with Gasteiger partial charge in [0.2, 0.25) is 0 Å². The van der Waals surface area contributed by atoms with Gasteiger partial charge in [0.1, 0.15) is 5.75 Å². The summed E-state index contributed by atoms with van der Waals surface area (Å²) in [5.74, 6) is 0.224. The Morgan fingerprint density at radius 3 is 2.61 bits per heavy atom. The van der Waals surface area contributed by atoms with Gasteiger partial charge in [-0.15, -0.1) is 12.4 Å². The molecule has 0 saturated carbocycles. The number of carbonyl (C=O) groups excluding carboxylic acids is 1. The number of carbonyl (C=O) groups is 1. The lowest BCUT2D eigenvalue weighted by atomic mass is 10.1. The van der Waals surface area contributed by atoms with Gasteiger partial charge in [-0.3, -0.25) is 4.79 Å². The minimum atomic E-state index is -0.449. The highest BCUT2D eigenvalue weighted by Crippen LogP contribution is 2.22. The molecule has 0 bridgehead atoms. The number of methoxy groups -OCH3 is 1. The van der Waals surface area contributed by atoms with Gasteiger partial charge in [-0.25, -0.2) is 0 Å². The van der Waals surface area contributed by atoms with E-state index in [1.807, 2.05) is 13.8 Å². The lowest BCUT2D eigenvalue weighted by Crippen LogP contribution is -2.45. The number of ether oxygens (including phenoxy) is 1. The summed E-state index contributed by atoms with van der Waals surface area (Å²) in [4.78, 5) is 11.9. The minimum Gasteiger partial charge on any atom is -0.496 e. The van der Waals surface area contributed by atoms with E-state index in [1.165, 1.54) is 7.11 Å². The van der Waals surface area contributed by atoms with Crippen LogP contribution in [0.1, 0.15) is 24.2 Å². The van der Waals surface area contributed by atoms with Crippen LogP contribution in [0.5, 0.6) is 5.75 Å². The van der Waals surface area contributed by atoms with Crippen LogP contribution in [0.2, 0.25) is 5.02 Å². The number of hydrogen-bond donors (Lipinski definition) is 2. The van der Waals surface area contributed by atoms with Crippen molar-refractivity contribution in [3.63, 3.8) is 0 Å². The van der Waals surface area contributed by atoms with E-state index in [4.69, 9.17) is 22.1 Å². The maximum Gasteiger partial charge on any atom is 0.255 e. The molecule has 0 aromatic heterocycles. The molecule has 6 heteroatoms. The monoisotopic (exact) mass is 292 g/mol. The van der Waals surface area contributed by atoms with Gasteiger partial charge in [0.05, 0.1) is 12.7 Å². The van der Waals surface area contributed by atoms with Gasteiger partial charge in [-0.05, 0) is 32.0 Å². The standard InChI is InChI=1S/C12H17ClN2O2.ClH/c1-12(2,14)7-15-11(16)9-5-4-8(13)6-10(9)17-3;/h4-6H,7,14H2,1-3H3,(H,15,16);1H. The van der Waals surface area contributed by atoms with Gasteiger partial charge in [0.15, 0.2) is 0 Å². The maximum absolute atomic E-state index is 11.9. The van der Waals surface area contributed by atoms with Crippen molar-refractivity contribution in [2.24, 2.45) is 5.73 Å². The van der Waals surface area contributed by atoms with Crippen LogP contribution < -0.4 is 15.8 Å². The van der Waals surface area contributed by atoms with Crippen LogP contribution in [0.25, 0.3) is 0 Å². The van der Waals surface area contributed by atoms with E-state index in [0.29, 0.717) is 22.9 Å². The molecular formula is C12H18Cl2N2O2. The van der Waals surface area contributed by atoms with E-state index < -0.39 is 5.54 Å². The number of benzene rings is 1. The van der Waals surface area contributed by atoms with Crippen LogP contribution in [0.15, 0.2) is 18.2 Å². The molecule has 1 amide bonds. The number of rotatable bonds is 4. The highest BCUT2D eigenvalue weighted by atomic mass is 35.5. The summed E-state index contributed by atoms with van der Waals surface area (Å²) in [7, 11) is 1.50. The third kappa shape index (κ3) is 5.12. The minimum absolute atomic E-state index is 0. The van der Waals surface area contributed by atoms with Gasteiger partial charge in [-0.1, -0.05) is 11.6 Å². The molecule has 0 fully saturated rings. The smallest absolute Gasteiger partial charge is 0.255 e. The van der Waals surface area contributed by atoms with E-state index in [2.05, 4.69) is 5.32 Å². The van der Waals surface area contributed by atoms with Crippen LogP contribution >= 0.6 is 24.0 Å². The first-order valence-electron chi connectivity index (χ1n) is 5.24. The zero-order chi connectivity index (χ0) is 13.1. The Bertz CT molecular complexity index is 417. The fraction of sp³-hybridized carbons (Fsp3) is 0.417. The zero-order valence-corrected chi connectivity index (χ0v) is 12.2. The second-order valence-electron chi connectivity index (χ2n) is 4.52. The van der Waals surface area contributed by atoms with Gasteiger partial charge in [0.25, 0.3) is 5.91 Å².